The molecule has 3 heterocycles. The fourth-order valence-corrected chi connectivity index (χ4v) is 8.51. The number of nitrogens with zero attached hydrogens (tertiary/aromatic N) is 1. The van der Waals surface area contributed by atoms with Gasteiger partial charge in [0.2, 0.25) is 5.91 Å². The van der Waals surface area contributed by atoms with Gasteiger partial charge in [0.25, 0.3) is 0 Å². The Kier molecular flexibility index (Phi) is 14.9. The van der Waals surface area contributed by atoms with E-state index in [-0.39, 0.29) is 37.3 Å². The molecule has 0 aliphatic carbocycles. The highest BCUT2D eigenvalue weighted by Crippen LogP contribution is 2.40. The van der Waals surface area contributed by atoms with Crippen molar-refractivity contribution >= 4 is 17.7 Å². The second-order valence-corrected chi connectivity index (χ2v) is 16.5. The first-order chi connectivity index (χ1) is 23.9. The van der Waals surface area contributed by atoms with Gasteiger partial charge < -0.3 is 53.7 Å². The summed E-state index contributed by atoms with van der Waals surface area (Å²) in [6.45, 7) is 18.0. The van der Waals surface area contributed by atoms with Crippen LogP contribution in [0.4, 0.5) is 0 Å². The van der Waals surface area contributed by atoms with E-state index in [9.17, 15) is 34.8 Å². The van der Waals surface area contributed by atoms with Crippen LogP contribution < -0.4 is 0 Å². The molecule has 3 aliphatic heterocycles. The van der Waals surface area contributed by atoms with Gasteiger partial charge in [0, 0.05) is 57.7 Å². The minimum absolute atomic E-state index is 0.103. The first-order valence-electron chi connectivity index (χ1n) is 18.9. The predicted molar refractivity (Wildman–Crippen MR) is 190 cm³/mol. The fourth-order valence-electron chi connectivity index (χ4n) is 8.51. The summed E-state index contributed by atoms with van der Waals surface area (Å²) < 4.78 is 37.3. The van der Waals surface area contributed by atoms with Crippen LogP contribution in [0.5, 0.6) is 0 Å². The molecule has 3 saturated heterocycles. The quantitative estimate of drug-likeness (QED) is 0.279. The van der Waals surface area contributed by atoms with Gasteiger partial charge in [-0.2, -0.15) is 0 Å². The van der Waals surface area contributed by atoms with E-state index < -0.39 is 101 Å². The smallest absolute Gasteiger partial charge is 0.311 e. The van der Waals surface area contributed by atoms with Gasteiger partial charge in [0.05, 0.1) is 47.6 Å². The molecule has 0 aromatic carbocycles. The number of esters is 1. The first-order valence-corrected chi connectivity index (χ1v) is 18.9. The van der Waals surface area contributed by atoms with Gasteiger partial charge in [0.15, 0.2) is 12.6 Å². The number of methoxy groups -OCH3 is 1. The SMILES string of the molecule is CC[C@H]1OC(=O)[C@H](C)[C@@H](OC2CC(C)(OC)C(O)C(C)O2)[C@H](C)[C@@H](OC2CC(N(C)C(C)=O)CC(C)O2)[C@@](C)(O)C[C@@H](C)C(=O)[C@H](C)[C@@H](O)[C@]1(C)O. The molecule has 0 aromatic rings. The lowest BCUT2D eigenvalue weighted by atomic mass is 9.74. The zero-order chi connectivity index (χ0) is 39.7. The first kappa shape index (κ1) is 44.6. The number of rotatable bonds is 7. The Hall–Kier alpha value is -1.75. The van der Waals surface area contributed by atoms with Crippen molar-refractivity contribution in [3.8, 4) is 0 Å². The Morgan fingerprint density at radius 2 is 1.52 bits per heavy atom. The van der Waals surface area contributed by atoms with Crippen LogP contribution in [0.1, 0.15) is 108 Å². The van der Waals surface area contributed by atoms with Crippen molar-refractivity contribution in [3.05, 3.63) is 0 Å². The summed E-state index contributed by atoms with van der Waals surface area (Å²) in [6, 6.07) is -0.206. The van der Waals surface area contributed by atoms with E-state index >= 15 is 0 Å². The maximum Gasteiger partial charge on any atom is 0.311 e. The molecular formula is C38H67NO13. The zero-order valence-electron chi connectivity index (χ0n) is 33.5. The van der Waals surface area contributed by atoms with Gasteiger partial charge in [0.1, 0.15) is 23.6 Å². The third-order valence-corrected chi connectivity index (χ3v) is 12.1. The van der Waals surface area contributed by atoms with Gasteiger partial charge in [-0.25, -0.2) is 0 Å². The number of ether oxygens (including phenoxy) is 6. The average Bonchev–Trinajstić information content (AvgIpc) is 3.07. The van der Waals surface area contributed by atoms with Crippen LogP contribution in [-0.4, -0.2) is 135 Å². The van der Waals surface area contributed by atoms with Crippen LogP contribution in [0.3, 0.4) is 0 Å². The van der Waals surface area contributed by atoms with E-state index in [0.717, 1.165) is 0 Å². The molecule has 302 valence electrons. The van der Waals surface area contributed by atoms with E-state index in [1.807, 2.05) is 6.92 Å². The third kappa shape index (κ3) is 9.72. The Morgan fingerprint density at radius 3 is 2.08 bits per heavy atom. The Bertz CT molecular complexity index is 1230. The number of aliphatic hydroxyl groups excluding tert-OH is 2. The minimum Gasteiger partial charge on any atom is -0.459 e. The topological polar surface area (TPSA) is 191 Å². The van der Waals surface area contributed by atoms with Crippen LogP contribution in [0.25, 0.3) is 0 Å². The second-order valence-electron chi connectivity index (χ2n) is 16.5. The number of Topliss-reactive ketones (excluding diaryl/α,β-unsaturated/α-hetero) is 1. The summed E-state index contributed by atoms with van der Waals surface area (Å²) in [5.41, 5.74) is -4.78. The molecule has 3 rings (SSSR count). The lowest BCUT2D eigenvalue weighted by Gasteiger charge is -2.48. The molecule has 3 aliphatic rings. The van der Waals surface area contributed by atoms with Crippen molar-refractivity contribution in [2.45, 2.75) is 186 Å². The van der Waals surface area contributed by atoms with Crippen LogP contribution in [-0.2, 0) is 42.8 Å². The van der Waals surface area contributed by atoms with Crippen LogP contribution in [0.2, 0.25) is 0 Å². The molecule has 0 saturated carbocycles. The summed E-state index contributed by atoms with van der Waals surface area (Å²) in [5, 5.41) is 46.2. The number of hydrogen-bond acceptors (Lipinski definition) is 13. The maximum absolute atomic E-state index is 14.1. The molecule has 14 heteroatoms. The zero-order valence-corrected chi connectivity index (χ0v) is 33.5. The van der Waals surface area contributed by atoms with E-state index in [0.29, 0.717) is 12.8 Å². The minimum atomic E-state index is -1.99. The molecule has 0 aromatic heterocycles. The standard InChI is InChI=1S/C38H67NO13/c1-14-27-38(11,46)32(42)21(4)30(41)19(2)17-36(9,45)34(52-28-16-26(15-20(3)48-28)39(12)25(8)40)22(5)31(23(6)35(44)50-27)51-29-18-37(10,47-13)33(43)24(7)49-29/h19-24,26-29,31-34,42-43,45-46H,14-18H2,1-13H3/t19-,20?,21+,22+,23-,24?,26?,27-,28?,29?,31+,32-,33?,34-,36+,37?,38-/m1/s1. The molecule has 1 amide bonds. The van der Waals surface area contributed by atoms with Crippen LogP contribution in [0, 0.1) is 23.7 Å². The van der Waals surface area contributed by atoms with Gasteiger partial charge in [-0.05, 0) is 60.8 Å². The Balaban J connectivity index is 2.16. The van der Waals surface area contributed by atoms with E-state index in [2.05, 4.69) is 0 Å². The van der Waals surface area contributed by atoms with Crippen LogP contribution in [0.15, 0.2) is 0 Å². The van der Waals surface area contributed by atoms with Crippen molar-refractivity contribution in [1.82, 2.24) is 4.90 Å². The molecule has 17 atom stereocenters. The number of cyclic esters (lactones) is 1. The van der Waals surface area contributed by atoms with Gasteiger partial charge in [-0.3, -0.25) is 14.4 Å². The molecule has 0 bridgehead atoms. The molecular weight excluding hydrogens is 678 g/mol. The van der Waals surface area contributed by atoms with Crippen molar-refractivity contribution in [2.75, 3.05) is 14.2 Å². The summed E-state index contributed by atoms with van der Waals surface area (Å²) >= 11 is 0. The summed E-state index contributed by atoms with van der Waals surface area (Å²) in [7, 11) is 3.21. The molecule has 0 spiro atoms. The molecule has 0 radical (unpaired) electrons. The molecule has 7 unspecified atom stereocenters. The monoisotopic (exact) mass is 745 g/mol. The van der Waals surface area contributed by atoms with Crippen molar-refractivity contribution in [1.29, 1.82) is 0 Å². The third-order valence-electron chi connectivity index (χ3n) is 12.1. The number of aliphatic hydroxyl groups is 4. The highest BCUT2D eigenvalue weighted by molar-refractivity contribution is 5.83. The average molecular weight is 746 g/mol. The summed E-state index contributed by atoms with van der Waals surface area (Å²) in [5.74, 6) is -4.96. The Labute approximate surface area is 309 Å². The number of amides is 1. The van der Waals surface area contributed by atoms with E-state index in [4.69, 9.17) is 28.4 Å². The molecule has 14 nitrogen and oxygen atoms in total. The summed E-state index contributed by atoms with van der Waals surface area (Å²) in [4.78, 5) is 41.9. The summed E-state index contributed by atoms with van der Waals surface area (Å²) in [6.07, 6.45) is -7.72. The van der Waals surface area contributed by atoms with Gasteiger partial charge in [-0.1, -0.05) is 27.7 Å². The normalized spacial score (nSPS) is 47.3. The predicted octanol–water partition coefficient (Wildman–Crippen LogP) is 2.73. The highest BCUT2D eigenvalue weighted by atomic mass is 16.7. The van der Waals surface area contributed by atoms with Gasteiger partial charge in [-0.15, -0.1) is 0 Å². The highest BCUT2D eigenvalue weighted by Gasteiger charge is 2.53. The Morgan fingerprint density at radius 1 is 0.904 bits per heavy atom. The van der Waals surface area contributed by atoms with Crippen molar-refractivity contribution < 1.29 is 63.2 Å². The number of carbonyl (C=O) groups is 3. The maximum atomic E-state index is 14.1. The number of carbonyl (C=O) groups excluding carboxylic acids is 3. The van der Waals surface area contributed by atoms with Gasteiger partial charge >= 0.3 is 5.97 Å². The molecule has 4 N–H and O–H groups in total. The van der Waals surface area contributed by atoms with E-state index in [1.165, 1.54) is 27.9 Å². The molecule has 52 heavy (non-hydrogen) atoms. The van der Waals surface area contributed by atoms with E-state index in [1.54, 1.807) is 60.4 Å². The number of ketones is 1. The lowest BCUT2D eigenvalue weighted by molar-refractivity contribution is -0.308. The second kappa shape index (κ2) is 17.4. The van der Waals surface area contributed by atoms with Crippen molar-refractivity contribution in [3.63, 3.8) is 0 Å². The largest absolute Gasteiger partial charge is 0.459 e. The van der Waals surface area contributed by atoms with Crippen molar-refractivity contribution in [2.24, 2.45) is 23.7 Å². The lowest BCUT2D eigenvalue weighted by Crippen LogP contribution is -2.60. The van der Waals surface area contributed by atoms with Crippen LogP contribution >= 0.6 is 0 Å². The fraction of sp³-hybridized carbons (Fsp3) is 0.921. The number of hydrogen-bond donors (Lipinski definition) is 4. The molecule has 3 fully saturated rings.